The molecule has 2 aliphatic carbocycles. The minimum Gasteiger partial charge on any atom is -0.329 e. The molecule has 1 aromatic carbocycles. The molecule has 1 heterocycles. The molecule has 22 heavy (non-hydrogen) atoms. The smallest absolute Gasteiger partial charge is 0.254 e. The number of carbonyl (C=O) groups is 1. The molecule has 0 unspecified atom stereocenters. The van der Waals surface area contributed by atoms with E-state index >= 15 is 0 Å². The summed E-state index contributed by atoms with van der Waals surface area (Å²) in [5, 5.41) is 0. The third-order valence-corrected chi connectivity index (χ3v) is 6.05. The highest BCUT2D eigenvalue weighted by Gasteiger charge is 2.45. The van der Waals surface area contributed by atoms with E-state index in [1.54, 1.807) is 17.0 Å². The molecule has 1 N–H and O–H groups in total. The molecule has 1 aromatic rings. The average Bonchev–Trinajstić information content (AvgIpc) is 3.18. The number of halogens is 1. The molecule has 2 saturated carbocycles. The van der Waals surface area contributed by atoms with E-state index in [4.69, 9.17) is 0 Å². The van der Waals surface area contributed by atoms with Crippen LogP contribution in [0.1, 0.15) is 36.0 Å². The summed E-state index contributed by atoms with van der Waals surface area (Å²) in [7, 11) is 0. The summed E-state index contributed by atoms with van der Waals surface area (Å²) in [6.07, 6.45) is 5.74. The largest absolute Gasteiger partial charge is 0.329 e. The van der Waals surface area contributed by atoms with Crippen molar-refractivity contribution >= 4 is 5.91 Å². The topological polar surface area (TPSA) is 24.8 Å². The van der Waals surface area contributed by atoms with Crippen LogP contribution in [0.15, 0.2) is 24.3 Å². The van der Waals surface area contributed by atoms with Crippen LogP contribution in [0, 0.1) is 17.7 Å². The molecule has 1 aliphatic heterocycles. The number of carbonyl (C=O) groups excluding carboxylic acids is 1. The van der Waals surface area contributed by atoms with Crippen molar-refractivity contribution in [1.82, 2.24) is 4.90 Å². The van der Waals surface area contributed by atoms with Gasteiger partial charge < -0.3 is 9.80 Å². The highest BCUT2D eigenvalue weighted by molar-refractivity contribution is 5.94. The number of rotatable bonds is 2. The predicted octanol–water partition coefficient (Wildman–Crippen LogP) is 1.35. The second kappa shape index (κ2) is 5.65. The number of hydrogen-bond donors (Lipinski definition) is 1. The van der Waals surface area contributed by atoms with E-state index in [1.807, 2.05) is 4.90 Å². The van der Waals surface area contributed by atoms with E-state index in [1.165, 1.54) is 37.8 Å². The zero-order valence-corrected chi connectivity index (χ0v) is 12.9. The Morgan fingerprint density at radius 3 is 2.41 bits per heavy atom. The first-order valence-electron chi connectivity index (χ1n) is 8.60. The zero-order chi connectivity index (χ0) is 15.1. The van der Waals surface area contributed by atoms with E-state index in [0.29, 0.717) is 5.56 Å². The maximum Gasteiger partial charge on any atom is 0.254 e. The molecule has 0 aromatic heterocycles. The summed E-state index contributed by atoms with van der Waals surface area (Å²) >= 11 is 0. The lowest BCUT2D eigenvalue weighted by atomic mass is 9.93. The first-order chi connectivity index (χ1) is 10.7. The first kappa shape index (κ1) is 14.2. The Kier molecular flexibility index (Phi) is 3.65. The maximum atomic E-state index is 13.0. The molecule has 3 aliphatic rings. The average molecular weight is 303 g/mol. The van der Waals surface area contributed by atoms with Gasteiger partial charge in [-0.05, 0) is 49.4 Å². The number of fused-ring (bicyclic) bond motifs is 2. The van der Waals surface area contributed by atoms with Crippen molar-refractivity contribution in [3.8, 4) is 0 Å². The summed E-state index contributed by atoms with van der Waals surface area (Å²) in [4.78, 5) is 16.1. The Morgan fingerprint density at radius 1 is 1.09 bits per heavy atom. The van der Waals surface area contributed by atoms with Crippen molar-refractivity contribution in [1.29, 1.82) is 0 Å². The Morgan fingerprint density at radius 2 is 1.82 bits per heavy atom. The molecule has 3 atom stereocenters. The van der Waals surface area contributed by atoms with Gasteiger partial charge in [0.05, 0.1) is 32.2 Å². The SMILES string of the molecule is O=C(c1ccc(F)cc1)N1CC[NH+]([C@@H]2C[C@H]3CC[C@@H]2C3)CC1. The zero-order valence-electron chi connectivity index (χ0n) is 12.9. The first-order valence-corrected chi connectivity index (χ1v) is 8.60. The minimum absolute atomic E-state index is 0.0481. The molecule has 118 valence electrons. The molecule has 0 radical (unpaired) electrons. The van der Waals surface area contributed by atoms with Gasteiger partial charge in [-0.25, -0.2) is 4.39 Å². The Balaban J connectivity index is 1.35. The van der Waals surface area contributed by atoms with Crippen molar-refractivity contribution in [3.63, 3.8) is 0 Å². The normalized spacial score (nSPS) is 31.7. The quantitative estimate of drug-likeness (QED) is 0.876. The van der Waals surface area contributed by atoms with Crippen LogP contribution in [0.5, 0.6) is 0 Å². The maximum absolute atomic E-state index is 13.0. The van der Waals surface area contributed by atoms with Gasteiger partial charge >= 0.3 is 0 Å². The summed E-state index contributed by atoms with van der Waals surface area (Å²) in [5.41, 5.74) is 0.602. The van der Waals surface area contributed by atoms with Crippen molar-refractivity contribution in [2.45, 2.75) is 31.7 Å². The van der Waals surface area contributed by atoms with E-state index in [9.17, 15) is 9.18 Å². The van der Waals surface area contributed by atoms with Crippen LogP contribution in [-0.4, -0.2) is 43.0 Å². The number of nitrogens with zero attached hydrogens (tertiary/aromatic N) is 1. The van der Waals surface area contributed by atoms with E-state index in [0.717, 1.165) is 44.1 Å². The third kappa shape index (κ3) is 2.54. The molecule has 1 saturated heterocycles. The molecule has 1 amide bonds. The second-order valence-corrected chi connectivity index (χ2v) is 7.24. The van der Waals surface area contributed by atoms with Crippen LogP contribution in [0.4, 0.5) is 4.39 Å². The van der Waals surface area contributed by atoms with E-state index in [2.05, 4.69) is 0 Å². The van der Waals surface area contributed by atoms with E-state index in [-0.39, 0.29) is 11.7 Å². The molecule has 2 bridgehead atoms. The molecule has 4 heteroatoms. The Hall–Kier alpha value is -1.42. The Labute approximate surface area is 131 Å². The Bertz CT molecular complexity index is 551. The van der Waals surface area contributed by atoms with Gasteiger partial charge in [-0.3, -0.25) is 4.79 Å². The van der Waals surface area contributed by atoms with Crippen molar-refractivity contribution < 1.29 is 14.1 Å². The summed E-state index contributed by atoms with van der Waals surface area (Å²) in [6.45, 7) is 3.81. The lowest BCUT2D eigenvalue weighted by molar-refractivity contribution is -0.932. The van der Waals surface area contributed by atoms with Gasteiger partial charge in [-0.15, -0.1) is 0 Å². The minimum atomic E-state index is -0.290. The molecular formula is C18H24FN2O+. The van der Waals surface area contributed by atoms with Crippen LogP contribution in [0.3, 0.4) is 0 Å². The molecule has 4 rings (SSSR count). The van der Waals surface area contributed by atoms with Crippen LogP contribution in [-0.2, 0) is 0 Å². The van der Waals surface area contributed by atoms with Gasteiger partial charge in [0.2, 0.25) is 0 Å². The number of benzene rings is 1. The highest BCUT2D eigenvalue weighted by Crippen LogP contribution is 2.43. The highest BCUT2D eigenvalue weighted by atomic mass is 19.1. The van der Waals surface area contributed by atoms with Gasteiger partial charge in [-0.1, -0.05) is 0 Å². The van der Waals surface area contributed by atoms with Crippen LogP contribution in [0.25, 0.3) is 0 Å². The van der Waals surface area contributed by atoms with Crippen LogP contribution >= 0.6 is 0 Å². The number of nitrogens with one attached hydrogen (secondary N) is 1. The van der Waals surface area contributed by atoms with Crippen molar-refractivity contribution in [3.05, 3.63) is 35.6 Å². The number of piperazine rings is 1. The van der Waals surface area contributed by atoms with Gasteiger partial charge in [0.1, 0.15) is 5.82 Å². The number of quaternary nitrogens is 1. The fourth-order valence-corrected chi connectivity index (χ4v) is 4.89. The fraction of sp³-hybridized carbons (Fsp3) is 0.611. The molecule has 3 fully saturated rings. The molecular weight excluding hydrogens is 279 g/mol. The summed E-state index contributed by atoms with van der Waals surface area (Å²) in [5.74, 6) is 1.69. The van der Waals surface area contributed by atoms with Gasteiger partial charge in [0, 0.05) is 17.9 Å². The van der Waals surface area contributed by atoms with Crippen LogP contribution < -0.4 is 4.90 Å². The van der Waals surface area contributed by atoms with Gasteiger partial charge in [0.25, 0.3) is 5.91 Å². The van der Waals surface area contributed by atoms with Crippen molar-refractivity contribution in [2.24, 2.45) is 11.8 Å². The van der Waals surface area contributed by atoms with Gasteiger partial charge in [0.15, 0.2) is 0 Å². The second-order valence-electron chi connectivity index (χ2n) is 7.24. The fourth-order valence-electron chi connectivity index (χ4n) is 4.89. The summed E-state index contributed by atoms with van der Waals surface area (Å²) < 4.78 is 13.0. The third-order valence-electron chi connectivity index (χ3n) is 6.05. The number of hydrogen-bond acceptors (Lipinski definition) is 1. The monoisotopic (exact) mass is 303 g/mol. The number of amides is 1. The van der Waals surface area contributed by atoms with Crippen LogP contribution in [0.2, 0.25) is 0 Å². The van der Waals surface area contributed by atoms with E-state index < -0.39 is 0 Å². The predicted molar refractivity (Wildman–Crippen MR) is 82.2 cm³/mol. The van der Waals surface area contributed by atoms with Crippen molar-refractivity contribution in [2.75, 3.05) is 26.2 Å². The lowest BCUT2D eigenvalue weighted by Gasteiger charge is -2.38. The molecule has 3 nitrogen and oxygen atoms in total. The summed E-state index contributed by atoms with van der Waals surface area (Å²) in [6, 6.07) is 6.76. The molecule has 0 spiro atoms. The van der Waals surface area contributed by atoms with Gasteiger partial charge in [-0.2, -0.15) is 0 Å². The standard InChI is InChI=1S/C18H23FN2O/c19-16-5-3-14(4-6-16)18(22)21-9-7-20(8-10-21)17-12-13-1-2-15(17)11-13/h3-6,13,15,17H,1-2,7-12H2/p+1/t13-,15+,17+/m0/s1. The lowest BCUT2D eigenvalue weighted by Crippen LogP contribution is -3.18.